The van der Waals surface area contributed by atoms with Gasteiger partial charge in [0, 0.05) is 51.2 Å². The fraction of sp³-hybridized carbons (Fsp3) is 0. The van der Waals surface area contributed by atoms with Crippen LogP contribution in [0.3, 0.4) is 0 Å². The van der Waals surface area contributed by atoms with Crippen molar-refractivity contribution in [3.8, 4) is 0 Å². The SMILES string of the molecule is C1=Cc2cc3ccc(cc4ccc(cc5nc(cc1n2)C=C5)[nH]4)[nH]3.[Co].c1cnc2sccc2n1. The zero-order chi connectivity index (χ0) is 22.0. The summed E-state index contributed by atoms with van der Waals surface area (Å²) in [7, 11) is 0. The van der Waals surface area contributed by atoms with Gasteiger partial charge in [-0.2, -0.15) is 0 Å². The van der Waals surface area contributed by atoms with Crippen LogP contribution in [0.25, 0.3) is 56.7 Å². The first-order valence-corrected chi connectivity index (χ1v) is 11.3. The summed E-state index contributed by atoms with van der Waals surface area (Å²) in [5.41, 5.74) is 8.85. The Labute approximate surface area is 209 Å². The molecular formula is C26H18CoN6S. The molecule has 0 unspecified atom stereocenters. The third-order valence-electron chi connectivity index (χ3n) is 5.14. The minimum absolute atomic E-state index is 0. The quantitative estimate of drug-likeness (QED) is 0.252. The molecule has 0 fully saturated rings. The Morgan fingerprint density at radius 1 is 0.559 bits per heavy atom. The summed E-state index contributed by atoms with van der Waals surface area (Å²) in [6.07, 6.45) is 11.5. The average molecular weight is 505 g/mol. The van der Waals surface area contributed by atoms with Crippen molar-refractivity contribution in [2.75, 3.05) is 0 Å². The van der Waals surface area contributed by atoms with Gasteiger partial charge in [-0.15, -0.1) is 11.3 Å². The number of aromatic nitrogens is 6. The molecule has 2 aliphatic heterocycles. The molecule has 2 N–H and O–H groups in total. The van der Waals surface area contributed by atoms with Crippen molar-refractivity contribution in [1.82, 2.24) is 29.9 Å². The molecule has 0 aliphatic carbocycles. The van der Waals surface area contributed by atoms with Crippen LogP contribution in [0.2, 0.25) is 0 Å². The number of nitrogens with zero attached hydrogens (tertiary/aromatic N) is 4. The van der Waals surface area contributed by atoms with Gasteiger partial charge in [-0.05, 0) is 84.3 Å². The van der Waals surface area contributed by atoms with E-state index in [1.54, 1.807) is 23.7 Å². The summed E-state index contributed by atoms with van der Waals surface area (Å²) in [5, 5.41) is 1.99. The summed E-state index contributed by atoms with van der Waals surface area (Å²) >= 11 is 1.61. The first-order valence-electron chi connectivity index (χ1n) is 10.5. The van der Waals surface area contributed by atoms with Crippen LogP contribution in [0.4, 0.5) is 0 Å². The van der Waals surface area contributed by atoms with Gasteiger partial charge in [-0.1, -0.05) is 0 Å². The van der Waals surface area contributed by atoms with Crippen molar-refractivity contribution in [3.05, 3.63) is 95.1 Å². The molecule has 0 spiro atoms. The van der Waals surface area contributed by atoms with Gasteiger partial charge in [0.25, 0.3) is 0 Å². The maximum absolute atomic E-state index is 4.62. The molecule has 2 aliphatic rings. The second kappa shape index (κ2) is 9.56. The van der Waals surface area contributed by atoms with Crippen LogP contribution in [0.15, 0.2) is 72.4 Å². The monoisotopic (exact) mass is 505 g/mol. The molecule has 34 heavy (non-hydrogen) atoms. The molecule has 8 bridgehead atoms. The Bertz CT molecular complexity index is 1570. The van der Waals surface area contributed by atoms with Gasteiger partial charge in [-0.3, -0.25) is 4.98 Å². The number of aromatic amines is 2. The topological polar surface area (TPSA) is 83.1 Å². The van der Waals surface area contributed by atoms with Gasteiger partial charge in [0.1, 0.15) is 4.83 Å². The summed E-state index contributed by atoms with van der Waals surface area (Å²) in [6, 6.07) is 18.4. The van der Waals surface area contributed by atoms with Crippen molar-refractivity contribution in [2.45, 2.75) is 0 Å². The van der Waals surface area contributed by atoms with Gasteiger partial charge in [0.2, 0.25) is 0 Å². The smallest absolute Gasteiger partial charge is 0.141 e. The van der Waals surface area contributed by atoms with Crippen molar-refractivity contribution in [1.29, 1.82) is 0 Å². The molecule has 5 aromatic heterocycles. The predicted octanol–water partition coefficient (Wildman–Crippen LogP) is 6.34. The first kappa shape index (κ1) is 22.0. The van der Waals surface area contributed by atoms with Crippen molar-refractivity contribution >= 4 is 68.1 Å². The fourth-order valence-electron chi connectivity index (χ4n) is 3.65. The number of nitrogens with one attached hydrogen (secondary N) is 2. The molecule has 5 aromatic rings. The molecule has 1 radical (unpaired) electrons. The molecule has 8 heteroatoms. The maximum Gasteiger partial charge on any atom is 0.141 e. The van der Waals surface area contributed by atoms with E-state index in [0.29, 0.717) is 0 Å². The van der Waals surface area contributed by atoms with E-state index in [-0.39, 0.29) is 16.8 Å². The van der Waals surface area contributed by atoms with E-state index < -0.39 is 0 Å². The van der Waals surface area contributed by atoms with E-state index in [0.717, 1.165) is 55.2 Å². The summed E-state index contributed by atoms with van der Waals surface area (Å²) in [4.78, 5) is 25.2. The van der Waals surface area contributed by atoms with Gasteiger partial charge < -0.3 is 9.97 Å². The second-order valence-electron chi connectivity index (χ2n) is 7.57. The number of H-pyrrole nitrogens is 2. The molecule has 7 rings (SSSR count). The molecule has 167 valence electrons. The number of hydrogen-bond acceptors (Lipinski definition) is 5. The van der Waals surface area contributed by atoms with Crippen molar-refractivity contribution in [3.63, 3.8) is 0 Å². The third kappa shape index (κ3) is 4.89. The largest absolute Gasteiger partial charge is 0.355 e. The number of hydrogen-bond donors (Lipinski definition) is 2. The van der Waals surface area contributed by atoms with Gasteiger partial charge >= 0.3 is 0 Å². The van der Waals surface area contributed by atoms with Crippen LogP contribution in [0.5, 0.6) is 0 Å². The molecule has 0 atom stereocenters. The van der Waals surface area contributed by atoms with E-state index in [4.69, 9.17) is 0 Å². The average Bonchev–Trinajstić information content (AvgIpc) is 3.63. The Morgan fingerprint density at radius 2 is 1.06 bits per heavy atom. The van der Waals surface area contributed by atoms with E-state index >= 15 is 0 Å². The number of thiophene rings is 1. The molecular weight excluding hydrogens is 487 g/mol. The summed E-state index contributed by atoms with van der Waals surface area (Å²) in [5.74, 6) is 0. The van der Waals surface area contributed by atoms with Crippen molar-refractivity contribution in [2.24, 2.45) is 0 Å². The molecule has 0 saturated heterocycles. The van der Waals surface area contributed by atoms with E-state index in [1.165, 1.54) is 0 Å². The van der Waals surface area contributed by atoms with Gasteiger partial charge in [-0.25, -0.2) is 15.0 Å². The Balaban J connectivity index is 0.000000203. The fourth-order valence-corrected chi connectivity index (χ4v) is 4.34. The van der Waals surface area contributed by atoms with E-state index in [1.807, 2.05) is 53.9 Å². The zero-order valence-electron chi connectivity index (χ0n) is 17.8. The maximum atomic E-state index is 4.62. The minimum Gasteiger partial charge on any atom is -0.355 e. The Kier molecular flexibility index (Phi) is 6.18. The third-order valence-corrected chi connectivity index (χ3v) is 5.95. The molecule has 6 nitrogen and oxygen atoms in total. The second-order valence-corrected chi connectivity index (χ2v) is 8.47. The Hall–Kier alpha value is -3.85. The molecule has 7 heterocycles. The first-order chi connectivity index (χ1) is 16.3. The van der Waals surface area contributed by atoms with Gasteiger partial charge in [0.05, 0.1) is 28.3 Å². The summed E-state index contributed by atoms with van der Waals surface area (Å²) in [6.45, 7) is 0. The molecule has 0 saturated carbocycles. The molecule has 0 aromatic carbocycles. The summed E-state index contributed by atoms with van der Waals surface area (Å²) < 4.78 is 0. The minimum atomic E-state index is 0. The Morgan fingerprint density at radius 3 is 1.62 bits per heavy atom. The van der Waals surface area contributed by atoms with Crippen molar-refractivity contribution < 1.29 is 16.8 Å². The number of rotatable bonds is 0. The van der Waals surface area contributed by atoms with E-state index in [9.17, 15) is 0 Å². The van der Waals surface area contributed by atoms with E-state index in [2.05, 4.69) is 60.2 Å². The van der Waals surface area contributed by atoms with Crippen LogP contribution < -0.4 is 0 Å². The predicted molar refractivity (Wildman–Crippen MR) is 136 cm³/mol. The van der Waals surface area contributed by atoms with Crippen LogP contribution in [0, 0.1) is 0 Å². The van der Waals surface area contributed by atoms with Crippen LogP contribution in [-0.4, -0.2) is 29.9 Å². The molecule has 0 amide bonds. The van der Waals surface area contributed by atoms with Crippen LogP contribution in [-0.2, 0) is 16.8 Å². The zero-order valence-corrected chi connectivity index (χ0v) is 19.6. The van der Waals surface area contributed by atoms with Gasteiger partial charge in [0.15, 0.2) is 0 Å². The normalized spacial score (nSPS) is 11.6. The van der Waals surface area contributed by atoms with Crippen LogP contribution in [0.1, 0.15) is 22.8 Å². The van der Waals surface area contributed by atoms with Crippen LogP contribution >= 0.6 is 11.3 Å². The standard InChI is InChI=1S/C20H14N4.C6H4N2S.Co/c1-2-14-10-16-5-6-18(23-16)12-20-8-7-19(24-20)11-17-4-3-15(22-17)9-13(1)21-14;1-4-9-6-5(1)7-2-3-8-6;/h1-12,21-22H;1-4H;. The number of fused-ring (bicyclic) bond motifs is 9.